The van der Waals surface area contributed by atoms with E-state index in [-0.39, 0.29) is 5.91 Å². The largest absolute Gasteiger partial charge is 0.496 e. The summed E-state index contributed by atoms with van der Waals surface area (Å²) in [5, 5.41) is 7.48. The van der Waals surface area contributed by atoms with Crippen LogP contribution in [0.2, 0.25) is 0 Å². The van der Waals surface area contributed by atoms with Crippen LogP contribution in [-0.4, -0.2) is 30.6 Å². The molecule has 0 bridgehead atoms. The Morgan fingerprint density at radius 1 is 1.15 bits per heavy atom. The number of hydrogen-bond donors (Lipinski definition) is 2. The summed E-state index contributed by atoms with van der Waals surface area (Å²) in [6.07, 6.45) is 7.45. The zero-order valence-corrected chi connectivity index (χ0v) is 17.7. The summed E-state index contributed by atoms with van der Waals surface area (Å²) in [6.45, 7) is 7.02. The molecule has 148 valence electrons. The van der Waals surface area contributed by atoms with Crippen molar-refractivity contribution in [2.45, 2.75) is 71.8 Å². The number of methoxy groups -OCH3 is 1. The van der Waals surface area contributed by atoms with Crippen molar-refractivity contribution in [1.82, 2.24) is 10.3 Å². The second-order valence-corrected chi connectivity index (χ2v) is 8.54. The van der Waals surface area contributed by atoms with Gasteiger partial charge in [-0.05, 0) is 51.2 Å². The molecule has 2 aromatic rings. The van der Waals surface area contributed by atoms with E-state index in [0.29, 0.717) is 12.5 Å². The first kappa shape index (κ1) is 19.9. The molecule has 1 aromatic heterocycles. The number of nitrogens with zero attached hydrogens (tertiary/aromatic N) is 1. The molecule has 1 aliphatic rings. The maximum atomic E-state index is 12.1. The van der Waals surface area contributed by atoms with E-state index >= 15 is 0 Å². The average molecular weight is 390 g/mol. The lowest BCUT2D eigenvalue weighted by molar-refractivity contribution is -0.122. The monoisotopic (exact) mass is 389 g/mol. The maximum absolute atomic E-state index is 12.1. The Morgan fingerprint density at radius 2 is 1.89 bits per heavy atom. The number of hydrogen-bond acceptors (Lipinski definition) is 5. The van der Waals surface area contributed by atoms with Crippen molar-refractivity contribution < 1.29 is 9.53 Å². The minimum absolute atomic E-state index is 0.181. The number of nitrogens with one attached hydrogen (secondary N) is 2. The summed E-state index contributed by atoms with van der Waals surface area (Å²) in [6, 6.07) is 0.396. The van der Waals surface area contributed by atoms with Gasteiger partial charge in [-0.15, -0.1) is 0 Å². The van der Waals surface area contributed by atoms with Crippen LogP contribution >= 0.6 is 11.3 Å². The lowest BCUT2D eigenvalue weighted by Gasteiger charge is -2.22. The maximum Gasteiger partial charge on any atom is 0.220 e. The fraction of sp³-hybridized carbons (Fsp3) is 0.619. The van der Waals surface area contributed by atoms with Gasteiger partial charge in [-0.25, -0.2) is 4.98 Å². The highest BCUT2D eigenvalue weighted by atomic mass is 32.1. The van der Waals surface area contributed by atoms with E-state index in [1.807, 2.05) is 0 Å². The number of anilines is 1. The molecule has 1 fully saturated rings. The molecule has 27 heavy (non-hydrogen) atoms. The Labute approximate surface area is 165 Å². The van der Waals surface area contributed by atoms with Crippen LogP contribution in [0, 0.1) is 20.8 Å². The van der Waals surface area contributed by atoms with Crippen molar-refractivity contribution in [1.29, 1.82) is 0 Å². The van der Waals surface area contributed by atoms with Gasteiger partial charge in [0.15, 0.2) is 5.13 Å². The Hall–Kier alpha value is -1.82. The average Bonchev–Trinajstić information content (AvgIpc) is 3.09. The Morgan fingerprint density at radius 3 is 2.59 bits per heavy atom. The molecule has 0 unspecified atom stereocenters. The van der Waals surface area contributed by atoms with Crippen LogP contribution < -0.4 is 15.4 Å². The van der Waals surface area contributed by atoms with E-state index in [0.717, 1.165) is 53.3 Å². The molecule has 0 saturated heterocycles. The van der Waals surface area contributed by atoms with Crippen molar-refractivity contribution in [2.75, 3.05) is 19.0 Å². The summed E-state index contributed by atoms with van der Waals surface area (Å²) < 4.78 is 6.75. The number of benzene rings is 1. The van der Waals surface area contributed by atoms with E-state index in [9.17, 15) is 4.79 Å². The molecule has 2 N–H and O–H groups in total. The third-order valence-electron chi connectivity index (χ3n) is 5.60. The van der Waals surface area contributed by atoms with E-state index in [4.69, 9.17) is 9.72 Å². The molecule has 0 radical (unpaired) electrons. The van der Waals surface area contributed by atoms with E-state index in [1.165, 1.54) is 29.5 Å². The summed E-state index contributed by atoms with van der Waals surface area (Å²) in [7, 11) is 1.72. The molecule has 1 saturated carbocycles. The van der Waals surface area contributed by atoms with Crippen LogP contribution in [0.1, 0.15) is 61.6 Å². The molecule has 1 heterocycles. The van der Waals surface area contributed by atoms with Crippen molar-refractivity contribution in [3.63, 3.8) is 0 Å². The molecular weight excluding hydrogens is 358 g/mol. The zero-order chi connectivity index (χ0) is 19.4. The van der Waals surface area contributed by atoms with Crippen LogP contribution in [0.25, 0.3) is 10.2 Å². The van der Waals surface area contributed by atoms with Crippen LogP contribution in [0.3, 0.4) is 0 Å². The third-order valence-corrected chi connectivity index (χ3v) is 6.73. The van der Waals surface area contributed by atoms with Crippen molar-refractivity contribution in [3.8, 4) is 5.75 Å². The summed E-state index contributed by atoms with van der Waals surface area (Å²) in [5.74, 6) is 1.13. The quantitative estimate of drug-likeness (QED) is 0.663. The highest BCUT2D eigenvalue weighted by molar-refractivity contribution is 7.22. The van der Waals surface area contributed by atoms with Gasteiger partial charge in [-0.2, -0.15) is 0 Å². The number of ether oxygens (including phenoxy) is 1. The fourth-order valence-electron chi connectivity index (χ4n) is 3.93. The second kappa shape index (κ2) is 8.91. The summed E-state index contributed by atoms with van der Waals surface area (Å²) in [4.78, 5) is 16.9. The van der Waals surface area contributed by atoms with Crippen LogP contribution in [0.4, 0.5) is 5.13 Å². The van der Waals surface area contributed by atoms with Crippen molar-refractivity contribution >= 4 is 32.6 Å². The highest BCUT2D eigenvalue weighted by Crippen LogP contribution is 2.38. The van der Waals surface area contributed by atoms with Gasteiger partial charge >= 0.3 is 0 Å². The van der Waals surface area contributed by atoms with E-state index in [1.54, 1.807) is 18.4 Å². The molecule has 1 aromatic carbocycles. The summed E-state index contributed by atoms with van der Waals surface area (Å²) in [5.41, 5.74) is 4.52. The number of thiazole rings is 1. The first-order valence-corrected chi connectivity index (χ1v) is 10.8. The first-order valence-electron chi connectivity index (χ1n) is 9.98. The Kier molecular flexibility index (Phi) is 6.58. The molecule has 0 atom stereocenters. The number of carbonyl (C=O) groups excluding carboxylic acids is 1. The highest BCUT2D eigenvalue weighted by Gasteiger charge is 2.17. The number of carbonyl (C=O) groups is 1. The Bertz CT molecular complexity index is 810. The molecule has 0 spiro atoms. The van der Waals surface area contributed by atoms with Gasteiger partial charge in [-0.3, -0.25) is 4.79 Å². The SMILES string of the molecule is COc1c(C)c(C)c2nc(NCCCC(=O)NC3CCCCC3)sc2c1C. The lowest BCUT2D eigenvalue weighted by Crippen LogP contribution is -2.36. The van der Waals surface area contributed by atoms with E-state index in [2.05, 4.69) is 31.4 Å². The van der Waals surface area contributed by atoms with Crippen LogP contribution in [0.15, 0.2) is 0 Å². The van der Waals surface area contributed by atoms with Crippen molar-refractivity contribution in [3.05, 3.63) is 16.7 Å². The van der Waals surface area contributed by atoms with Gasteiger partial charge in [-0.1, -0.05) is 30.6 Å². The smallest absolute Gasteiger partial charge is 0.220 e. The van der Waals surface area contributed by atoms with Gasteiger partial charge in [0.2, 0.25) is 5.91 Å². The molecule has 1 amide bonds. The normalized spacial score (nSPS) is 15.1. The second-order valence-electron chi connectivity index (χ2n) is 7.54. The Balaban J connectivity index is 1.54. The minimum atomic E-state index is 0.181. The molecule has 0 aliphatic heterocycles. The van der Waals surface area contributed by atoms with E-state index < -0.39 is 0 Å². The van der Waals surface area contributed by atoms with Gasteiger partial charge in [0.1, 0.15) is 5.75 Å². The molecular formula is C21H31N3O2S. The van der Waals surface area contributed by atoms with Crippen LogP contribution in [0.5, 0.6) is 5.75 Å². The van der Waals surface area contributed by atoms with Gasteiger partial charge in [0, 0.05) is 24.6 Å². The van der Waals surface area contributed by atoms with Gasteiger partial charge < -0.3 is 15.4 Å². The summed E-state index contributed by atoms with van der Waals surface area (Å²) >= 11 is 1.66. The van der Waals surface area contributed by atoms with Crippen molar-refractivity contribution in [2.24, 2.45) is 0 Å². The zero-order valence-electron chi connectivity index (χ0n) is 16.9. The predicted molar refractivity (Wildman–Crippen MR) is 113 cm³/mol. The topological polar surface area (TPSA) is 63.2 Å². The van der Waals surface area contributed by atoms with Gasteiger partial charge in [0.25, 0.3) is 0 Å². The predicted octanol–water partition coefficient (Wildman–Crippen LogP) is 4.87. The van der Waals surface area contributed by atoms with Crippen LogP contribution in [-0.2, 0) is 4.79 Å². The minimum Gasteiger partial charge on any atom is -0.496 e. The molecule has 1 aliphatic carbocycles. The number of aryl methyl sites for hydroxylation is 2. The third kappa shape index (κ3) is 4.54. The first-order chi connectivity index (χ1) is 13.0. The number of rotatable bonds is 7. The number of amides is 1. The standard InChI is InChI=1S/C21H31N3O2S/c1-13-14(2)19(26-4)15(3)20-18(13)24-21(27-20)22-12-8-11-17(25)23-16-9-6-5-7-10-16/h16H,5-12H2,1-4H3,(H,22,24)(H,23,25). The fourth-order valence-corrected chi connectivity index (χ4v) is 4.98. The molecule has 5 nitrogen and oxygen atoms in total. The van der Waals surface area contributed by atoms with Gasteiger partial charge in [0.05, 0.1) is 17.3 Å². The molecule has 6 heteroatoms. The molecule has 3 rings (SSSR count). The lowest BCUT2D eigenvalue weighted by atomic mass is 9.95. The number of fused-ring (bicyclic) bond motifs is 1. The number of aromatic nitrogens is 1.